The predicted octanol–water partition coefficient (Wildman–Crippen LogP) is 15.7. The molecule has 1 heterocycles. The SMILES string of the molecule is CC1CC(c2ccc(N(c3ccccc3)c3ccccc3)cc2)=Cc2sc3cccc(-c4ccc(N(c5ccccc5)c5cccc6ccccc56)cc4)c3c21. The van der Waals surface area contributed by atoms with Gasteiger partial charge in [0.15, 0.2) is 0 Å². The van der Waals surface area contributed by atoms with Crippen molar-refractivity contribution >= 4 is 78.0 Å². The molecule has 3 heteroatoms. The Hall–Kier alpha value is -6.68. The maximum atomic E-state index is 2.45. The fourth-order valence-electron chi connectivity index (χ4n) is 8.50. The molecule has 0 spiro atoms. The summed E-state index contributed by atoms with van der Waals surface area (Å²) in [5.41, 5.74) is 13.6. The fourth-order valence-corrected chi connectivity index (χ4v) is 9.82. The highest BCUT2D eigenvalue weighted by atomic mass is 32.1. The fraction of sp³-hybridized carbons (Fsp3) is 0.0566. The number of hydrogen-bond donors (Lipinski definition) is 0. The van der Waals surface area contributed by atoms with Gasteiger partial charge in [0.1, 0.15) is 0 Å². The highest BCUT2D eigenvalue weighted by molar-refractivity contribution is 7.20. The molecule has 0 N–H and O–H groups in total. The minimum Gasteiger partial charge on any atom is -0.311 e. The number of thiophene rings is 1. The Balaban J connectivity index is 0.995. The van der Waals surface area contributed by atoms with E-state index in [4.69, 9.17) is 0 Å². The van der Waals surface area contributed by atoms with Crippen molar-refractivity contribution in [1.82, 2.24) is 0 Å². The molecule has 9 aromatic rings. The smallest absolute Gasteiger partial charge is 0.0540 e. The van der Waals surface area contributed by atoms with Gasteiger partial charge >= 0.3 is 0 Å². The van der Waals surface area contributed by atoms with E-state index in [-0.39, 0.29) is 0 Å². The van der Waals surface area contributed by atoms with E-state index in [1.807, 2.05) is 11.3 Å². The normalized spacial score (nSPS) is 13.7. The molecular formula is C53H40N2S. The Morgan fingerprint density at radius 2 is 0.982 bits per heavy atom. The van der Waals surface area contributed by atoms with Crippen LogP contribution in [0.25, 0.3) is 43.6 Å². The molecule has 1 atom stereocenters. The van der Waals surface area contributed by atoms with Crippen molar-refractivity contribution in [1.29, 1.82) is 0 Å². The minimum atomic E-state index is 0.393. The number of rotatable bonds is 8. The van der Waals surface area contributed by atoms with Gasteiger partial charge in [-0.25, -0.2) is 0 Å². The number of benzene rings is 8. The summed E-state index contributed by atoms with van der Waals surface area (Å²) in [6, 6.07) is 72.3. The largest absolute Gasteiger partial charge is 0.311 e. The van der Waals surface area contributed by atoms with Crippen molar-refractivity contribution in [3.05, 3.63) is 216 Å². The topological polar surface area (TPSA) is 6.48 Å². The lowest BCUT2D eigenvalue weighted by Gasteiger charge is -2.27. The van der Waals surface area contributed by atoms with Crippen LogP contribution in [-0.4, -0.2) is 0 Å². The first-order valence-electron chi connectivity index (χ1n) is 19.4. The van der Waals surface area contributed by atoms with Crippen LogP contribution in [0.15, 0.2) is 200 Å². The maximum absolute atomic E-state index is 2.45. The van der Waals surface area contributed by atoms with Crippen LogP contribution in [0.1, 0.15) is 35.3 Å². The predicted molar refractivity (Wildman–Crippen MR) is 241 cm³/mol. The van der Waals surface area contributed by atoms with Gasteiger partial charge in [-0.3, -0.25) is 0 Å². The molecule has 1 aliphatic carbocycles. The summed E-state index contributed by atoms with van der Waals surface area (Å²) in [5, 5.41) is 3.86. The Morgan fingerprint density at radius 3 is 1.64 bits per heavy atom. The molecule has 0 amide bonds. The standard InChI is InChI=1S/C53H40N2S/c1-37-35-41(38-27-31-45(32-28-38)54(42-17-5-2-6-18-42)43-19-7-3-8-20-43)36-51-52(37)53-48(24-14-26-50(53)56-51)40-29-33-46(34-30-40)55(44-21-9-4-10-22-44)49-25-13-16-39-15-11-12-23-47(39)49/h2-34,36-37H,35H2,1H3. The second-order valence-corrected chi connectivity index (χ2v) is 15.7. The van der Waals surface area contributed by atoms with Crippen LogP contribution in [0.5, 0.6) is 0 Å². The first-order valence-corrected chi connectivity index (χ1v) is 20.2. The van der Waals surface area contributed by atoms with Gasteiger partial charge in [0.25, 0.3) is 0 Å². The van der Waals surface area contributed by atoms with Gasteiger partial charge in [0, 0.05) is 48.8 Å². The van der Waals surface area contributed by atoms with Crippen LogP contribution < -0.4 is 9.80 Å². The number of allylic oxidation sites excluding steroid dienone is 1. The quantitative estimate of drug-likeness (QED) is 0.153. The van der Waals surface area contributed by atoms with E-state index in [0.717, 1.165) is 34.9 Å². The lowest BCUT2D eigenvalue weighted by molar-refractivity contribution is 0.795. The average molecular weight is 737 g/mol. The third kappa shape index (κ3) is 6.17. The number of anilines is 6. The number of hydrogen-bond acceptors (Lipinski definition) is 3. The van der Waals surface area contributed by atoms with Crippen LogP contribution >= 0.6 is 11.3 Å². The van der Waals surface area contributed by atoms with Gasteiger partial charge < -0.3 is 9.80 Å². The summed E-state index contributed by atoms with van der Waals surface area (Å²) < 4.78 is 1.35. The molecule has 1 aliphatic rings. The summed E-state index contributed by atoms with van der Waals surface area (Å²) >= 11 is 1.92. The lowest BCUT2D eigenvalue weighted by Crippen LogP contribution is -2.10. The molecule has 268 valence electrons. The number of fused-ring (bicyclic) bond motifs is 4. The zero-order valence-corrected chi connectivity index (χ0v) is 32.0. The second-order valence-electron chi connectivity index (χ2n) is 14.6. The van der Waals surface area contributed by atoms with E-state index in [0.29, 0.717) is 5.92 Å². The Kier molecular flexibility index (Phi) is 8.78. The molecule has 0 bridgehead atoms. The molecule has 0 saturated carbocycles. The first-order chi connectivity index (χ1) is 27.7. The number of para-hydroxylation sites is 3. The first kappa shape index (κ1) is 33.9. The van der Waals surface area contributed by atoms with Crippen molar-refractivity contribution in [2.45, 2.75) is 19.3 Å². The summed E-state index contributed by atoms with van der Waals surface area (Å²) in [5.74, 6) is 0.393. The molecule has 8 aromatic carbocycles. The average Bonchev–Trinajstić information content (AvgIpc) is 3.65. The van der Waals surface area contributed by atoms with E-state index in [1.54, 1.807) is 0 Å². The Bertz CT molecular complexity index is 2780. The minimum absolute atomic E-state index is 0.393. The van der Waals surface area contributed by atoms with Gasteiger partial charge in [0.05, 0.1) is 5.69 Å². The van der Waals surface area contributed by atoms with Crippen molar-refractivity contribution in [2.24, 2.45) is 0 Å². The zero-order chi connectivity index (χ0) is 37.4. The van der Waals surface area contributed by atoms with Gasteiger partial charge in [-0.05, 0) is 124 Å². The summed E-state index contributed by atoms with van der Waals surface area (Å²) in [4.78, 5) is 6.08. The highest BCUT2D eigenvalue weighted by Crippen LogP contribution is 2.49. The third-order valence-electron chi connectivity index (χ3n) is 11.1. The van der Waals surface area contributed by atoms with E-state index in [9.17, 15) is 0 Å². The second kappa shape index (κ2) is 14.5. The molecule has 56 heavy (non-hydrogen) atoms. The van der Waals surface area contributed by atoms with E-state index in [2.05, 4.69) is 223 Å². The Morgan fingerprint density at radius 1 is 0.464 bits per heavy atom. The molecule has 0 aliphatic heterocycles. The molecule has 0 fully saturated rings. The molecule has 1 aromatic heterocycles. The summed E-state index contributed by atoms with van der Waals surface area (Å²) in [6.07, 6.45) is 3.46. The van der Waals surface area contributed by atoms with Crippen LogP contribution in [0.2, 0.25) is 0 Å². The van der Waals surface area contributed by atoms with E-state index < -0.39 is 0 Å². The van der Waals surface area contributed by atoms with Crippen molar-refractivity contribution in [3.63, 3.8) is 0 Å². The highest BCUT2D eigenvalue weighted by Gasteiger charge is 2.26. The van der Waals surface area contributed by atoms with Crippen molar-refractivity contribution < 1.29 is 0 Å². The third-order valence-corrected chi connectivity index (χ3v) is 12.2. The Labute approximate surface area is 332 Å². The lowest BCUT2D eigenvalue weighted by atomic mass is 9.82. The van der Waals surface area contributed by atoms with Crippen molar-refractivity contribution in [2.75, 3.05) is 9.80 Å². The molecular weight excluding hydrogens is 697 g/mol. The van der Waals surface area contributed by atoms with Gasteiger partial charge in [-0.2, -0.15) is 0 Å². The van der Waals surface area contributed by atoms with Crippen molar-refractivity contribution in [3.8, 4) is 11.1 Å². The van der Waals surface area contributed by atoms with Crippen LogP contribution in [-0.2, 0) is 0 Å². The molecule has 1 unspecified atom stereocenters. The molecule has 0 saturated heterocycles. The molecule has 2 nitrogen and oxygen atoms in total. The van der Waals surface area contributed by atoms with E-state index >= 15 is 0 Å². The maximum Gasteiger partial charge on any atom is 0.0540 e. The molecule has 0 radical (unpaired) electrons. The number of nitrogens with zero attached hydrogens (tertiary/aromatic N) is 2. The van der Waals surface area contributed by atoms with Crippen LogP contribution in [0.3, 0.4) is 0 Å². The summed E-state index contributed by atoms with van der Waals surface area (Å²) in [7, 11) is 0. The van der Waals surface area contributed by atoms with Gasteiger partial charge in [-0.15, -0.1) is 11.3 Å². The van der Waals surface area contributed by atoms with E-state index in [1.165, 1.54) is 59.3 Å². The van der Waals surface area contributed by atoms with Gasteiger partial charge in [0.2, 0.25) is 0 Å². The van der Waals surface area contributed by atoms with Gasteiger partial charge in [-0.1, -0.05) is 134 Å². The summed E-state index contributed by atoms with van der Waals surface area (Å²) in [6.45, 7) is 2.40. The monoisotopic (exact) mass is 736 g/mol. The van der Waals surface area contributed by atoms with Crippen LogP contribution in [0.4, 0.5) is 34.1 Å². The zero-order valence-electron chi connectivity index (χ0n) is 31.2. The van der Waals surface area contributed by atoms with Crippen LogP contribution in [0, 0.1) is 0 Å². The molecule has 10 rings (SSSR count).